The third kappa shape index (κ3) is 2.19. The number of carboxylic acid groups (broad SMARTS) is 1. The number of nitrogens with zero attached hydrogens (tertiary/aromatic N) is 1. The molecule has 0 heterocycles. The third-order valence-electron chi connectivity index (χ3n) is 1.44. The standard InChI is InChI=1S/C8H6ClNO3/c9-7(10-13)5-2-1-3-6(4-5)8(11)12/h1-4,13H,(H,11,12). The molecule has 0 saturated carbocycles. The SMILES string of the molecule is O=C(O)c1cccc(C(Cl)=NO)c1. The quantitative estimate of drug-likeness (QED) is 0.433. The van der Waals surface area contributed by atoms with Crippen molar-refractivity contribution in [2.75, 3.05) is 0 Å². The summed E-state index contributed by atoms with van der Waals surface area (Å²) in [6, 6.07) is 5.82. The van der Waals surface area contributed by atoms with E-state index in [1.54, 1.807) is 6.07 Å². The molecular weight excluding hydrogens is 194 g/mol. The number of oxime groups is 1. The van der Waals surface area contributed by atoms with Gasteiger partial charge in [0.05, 0.1) is 5.56 Å². The Kier molecular flexibility index (Phi) is 2.87. The van der Waals surface area contributed by atoms with Crippen LogP contribution in [0.1, 0.15) is 15.9 Å². The second kappa shape index (κ2) is 3.91. The highest BCUT2D eigenvalue weighted by Gasteiger charge is 2.05. The Morgan fingerprint density at radius 1 is 1.38 bits per heavy atom. The lowest BCUT2D eigenvalue weighted by atomic mass is 10.1. The largest absolute Gasteiger partial charge is 0.478 e. The predicted octanol–water partition coefficient (Wildman–Crippen LogP) is 1.76. The minimum atomic E-state index is -1.05. The van der Waals surface area contributed by atoms with Gasteiger partial charge in [-0.05, 0) is 12.1 Å². The van der Waals surface area contributed by atoms with Crippen LogP contribution >= 0.6 is 11.6 Å². The van der Waals surface area contributed by atoms with Gasteiger partial charge < -0.3 is 10.3 Å². The van der Waals surface area contributed by atoms with Crippen molar-refractivity contribution in [3.63, 3.8) is 0 Å². The van der Waals surface area contributed by atoms with Crippen molar-refractivity contribution in [2.45, 2.75) is 0 Å². The van der Waals surface area contributed by atoms with Crippen LogP contribution in [-0.2, 0) is 0 Å². The minimum Gasteiger partial charge on any atom is -0.478 e. The predicted molar refractivity (Wildman–Crippen MR) is 47.6 cm³/mol. The lowest BCUT2D eigenvalue weighted by molar-refractivity contribution is 0.0697. The summed E-state index contributed by atoms with van der Waals surface area (Å²) in [6.45, 7) is 0. The molecule has 0 radical (unpaired) electrons. The normalized spacial score (nSPS) is 11.3. The first-order valence-corrected chi connectivity index (χ1v) is 3.74. The van der Waals surface area contributed by atoms with Gasteiger partial charge in [-0.3, -0.25) is 0 Å². The number of halogens is 1. The van der Waals surface area contributed by atoms with Crippen LogP contribution in [0.15, 0.2) is 29.4 Å². The highest BCUT2D eigenvalue weighted by molar-refractivity contribution is 6.69. The highest BCUT2D eigenvalue weighted by Crippen LogP contribution is 2.08. The van der Waals surface area contributed by atoms with E-state index < -0.39 is 5.97 Å². The van der Waals surface area contributed by atoms with E-state index >= 15 is 0 Å². The Bertz CT molecular complexity index is 362. The van der Waals surface area contributed by atoms with Crippen LogP contribution in [0, 0.1) is 0 Å². The van der Waals surface area contributed by atoms with Crippen molar-refractivity contribution in [1.29, 1.82) is 0 Å². The van der Waals surface area contributed by atoms with E-state index in [4.69, 9.17) is 21.9 Å². The molecule has 2 N–H and O–H groups in total. The first-order valence-electron chi connectivity index (χ1n) is 3.36. The van der Waals surface area contributed by atoms with Crippen molar-refractivity contribution in [1.82, 2.24) is 0 Å². The summed E-state index contributed by atoms with van der Waals surface area (Å²) in [6.07, 6.45) is 0. The zero-order valence-electron chi connectivity index (χ0n) is 6.44. The van der Waals surface area contributed by atoms with Crippen LogP contribution in [0.5, 0.6) is 0 Å². The molecule has 1 aromatic rings. The minimum absolute atomic E-state index is 0.0966. The summed E-state index contributed by atoms with van der Waals surface area (Å²) in [7, 11) is 0. The molecule has 0 aliphatic heterocycles. The van der Waals surface area contributed by atoms with Crippen LogP contribution in [0.2, 0.25) is 0 Å². The summed E-state index contributed by atoms with van der Waals surface area (Å²) in [5, 5.41) is 19.6. The summed E-state index contributed by atoms with van der Waals surface area (Å²) in [4.78, 5) is 10.5. The van der Waals surface area contributed by atoms with Gasteiger partial charge in [0.1, 0.15) is 0 Å². The van der Waals surface area contributed by atoms with Crippen LogP contribution in [0.25, 0.3) is 0 Å². The molecule has 1 rings (SSSR count). The summed E-state index contributed by atoms with van der Waals surface area (Å²) in [5.41, 5.74) is 0.461. The molecule has 0 aliphatic rings. The lowest BCUT2D eigenvalue weighted by Gasteiger charge is -1.97. The molecule has 0 atom stereocenters. The maximum absolute atomic E-state index is 10.5. The summed E-state index contributed by atoms with van der Waals surface area (Å²) < 4.78 is 0. The van der Waals surface area contributed by atoms with Gasteiger partial charge in [-0.1, -0.05) is 28.9 Å². The van der Waals surface area contributed by atoms with Crippen LogP contribution in [0.4, 0.5) is 0 Å². The Hall–Kier alpha value is -1.55. The number of hydrogen-bond donors (Lipinski definition) is 2. The second-order valence-corrected chi connectivity index (χ2v) is 2.63. The second-order valence-electron chi connectivity index (χ2n) is 2.28. The lowest BCUT2D eigenvalue weighted by Crippen LogP contribution is -1.99. The van der Waals surface area contributed by atoms with E-state index in [9.17, 15) is 4.79 Å². The van der Waals surface area contributed by atoms with Gasteiger partial charge in [0.15, 0.2) is 5.17 Å². The monoisotopic (exact) mass is 199 g/mol. The van der Waals surface area contributed by atoms with E-state index in [2.05, 4.69) is 5.16 Å². The first kappa shape index (κ1) is 9.54. The Balaban J connectivity index is 3.13. The van der Waals surface area contributed by atoms with Gasteiger partial charge in [0.2, 0.25) is 0 Å². The van der Waals surface area contributed by atoms with Gasteiger partial charge in [-0.2, -0.15) is 0 Å². The van der Waals surface area contributed by atoms with Crippen molar-refractivity contribution >= 4 is 22.7 Å². The average molecular weight is 200 g/mol. The van der Waals surface area contributed by atoms with Gasteiger partial charge in [-0.25, -0.2) is 4.79 Å². The number of carboxylic acids is 1. The Morgan fingerprint density at radius 2 is 2.00 bits per heavy atom. The average Bonchev–Trinajstić information content (AvgIpc) is 2.17. The molecule has 0 aromatic heterocycles. The van der Waals surface area contributed by atoms with Gasteiger partial charge in [-0.15, -0.1) is 0 Å². The number of carbonyl (C=O) groups is 1. The maximum atomic E-state index is 10.5. The molecule has 4 nitrogen and oxygen atoms in total. The number of rotatable bonds is 2. The molecule has 0 fully saturated rings. The fourth-order valence-corrected chi connectivity index (χ4v) is 0.956. The van der Waals surface area contributed by atoms with E-state index in [-0.39, 0.29) is 10.7 Å². The van der Waals surface area contributed by atoms with Crippen molar-refractivity contribution in [2.24, 2.45) is 5.16 Å². The zero-order chi connectivity index (χ0) is 9.84. The van der Waals surface area contributed by atoms with E-state index in [1.165, 1.54) is 18.2 Å². The molecule has 0 aliphatic carbocycles. The van der Waals surface area contributed by atoms with Crippen LogP contribution in [-0.4, -0.2) is 21.5 Å². The number of benzene rings is 1. The Morgan fingerprint density at radius 3 is 2.54 bits per heavy atom. The number of hydrogen-bond acceptors (Lipinski definition) is 3. The smallest absolute Gasteiger partial charge is 0.335 e. The number of aromatic carboxylic acids is 1. The van der Waals surface area contributed by atoms with E-state index in [0.29, 0.717) is 5.56 Å². The molecule has 0 amide bonds. The molecule has 5 heteroatoms. The molecule has 0 spiro atoms. The summed E-state index contributed by atoms with van der Waals surface area (Å²) in [5.74, 6) is -1.05. The Labute approximate surface area is 79.1 Å². The van der Waals surface area contributed by atoms with E-state index in [0.717, 1.165) is 0 Å². The third-order valence-corrected chi connectivity index (χ3v) is 1.73. The van der Waals surface area contributed by atoms with Gasteiger partial charge in [0.25, 0.3) is 0 Å². The van der Waals surface area contributed by atoms with E-state index in [1.807, 2.05) is 0 Å². The zero-order valence-corrected chi connectivity index (χ0v) is 7.19. The molecule has 0 bridgehead atoms. The molecule has 1 aromatic carbocycles. The highest BCUT2D eigenvalue weighted by atomic mass is 35.5. The van der Waals surface area contributed by atoms with Crippen molar-refractivity contribution in [3.8, 4) is 0 Å². The van der Waals surface area contributed by atoms with Crippen molar-refractivity contribution in [3.05, 3.63) is 35.4 Å². The topological polar surface area (TPSA) is 69.9 Å². The van der Waals surface area contributed by atoms with Crippen LogP contribution < -0.4 is 0 Å². The fourth-order valence-electron chi connectivity index (χ4n) is 0.838. The molecule has 0 unspecified atom stereocenters. The first-order chi connectivity index (χ1) is 6.15. The van der Waals surface area contributed by atoms with Crippen LogP contribution in [0.3, 0.4) is 0 Å². The van der Waals surface area contributed by atoms with Crippen molar-refractivity contribution < 1.29 is 15.1 Å². The maximum Gasteiger partial charge on any atom is 0.335 e. The molecule has 68 valence electrons. The fraction of sp³-hybridized carbons (Fsp3) is 0. The van der Waals surface area contributed by atoms with Gasteiger partial charge in [0, 0.05) is 5.56 Å². The molecule has 13 heavy (non-hydrogen) atoms. The summed E-state index contributed by atoms with van der Waals surface area (Å²) >= 11 is 5.47. The van der Waals surface area contributed by atoms with Gasteiger partial charge >= 0.3 is 5.97 Å². The molecule has 0 saturated heterocycles. The molecular formula is C8H6ClNO3.